The highest BCUT2D eigenvalue weighted by Crippen LogP contribution is 2.33. The van der Waals surface area contributed by atoms with E-state index in [2.05, 4.69) is 4.98 Å². The van der Waals surface area contributed by atoms with Gasteiger partial charge in [-0.05, 0) is 41.0 Å². The van der Waals surface area contributed by atoms with Gasteiger partial charge < -0.3 is 9.84 Å². The van der Waals surface area contributed by atoms with Crippen LogP contribution in [0, 0.1) is 0 Å². The Morgan fingerprint density at radius 2 is 1.75 bits per heavy atom. The average molecular weight is 390 g/mol. The normalized spacial score (nSPS) is 10.8. The number of carboxylic acid groups (broad SMARTS) is 1. The molecule has 1 aromatic heterocycles. The van der Waals surface area contributed by atoms with E-state index in [4.69, 9.17) is 16.3 Å². The topological polar surface area (TPSA) is 59.4 Å². The molecule has 1 N–H and O–H groups in total. The second kappa shape index (κ2) is 7.71. The highest BCUT2D eigenvalue weighted by molar-refractivity contribution is 6.30. The zero-order valence-corrected chi connectivity index (χ0v) is 15.6. The number of carboxylic acids is 1. The predicted molar refractivity (Wildman–Crippen MR) is 110 cm³/mol. The highest BCUT2D eigenvalue weighted by Gasteiger charge is 2.17. The maximum atomic E-state index is 11.6. The van der Waals surface area contributed by atoms with E-state index in [0.717, 1.165) is 22.1 Å². The second-order valence-electron chi connectivity index (χ2n) is 6.33. The summed E-state index contributed by atoms with van der Waals surface area (Å²) in [4.78, 5) is 15.8. The molecule has 0 fully saturated rings. The molecule has 1 heterocycles. The van der Waals surface area contributed by atoms with Crippen molar-refractivity contribution >= 4 is 28.3 Å². The van der Waals surface area contributed by atoms with E-state index in [-0.39, 0.29) is 18.1 Å². The van der Waals surface area contributed by atoms with Crippen molar-refractivity contribution in [1.82, 2.24) is 4.98 Å². The Morgan fingerprint density at radius 1 is 0.964 bits per heavy atom. The summed E-state index contributed by atoms with van der Waals surface area (Å²) >= 11 is 6.10. The van der Waals surface area contributed by atoms with Crippen LogP contribution < -0.4 is 4.74 Å². The molecule has 0 bridgehead atoms. The van der Waals surface area contributed by atoms with Crippen molar-refractivity contribution in [2.75, 3.05) is 0 Å². The Bertz CT molecular complexity index is 1160. The first kappa shape index (κ1) is 18.0. The summed E-state index contributed by atoms with van der Waals surface area (Å²) in [6.45, 7) is 0.262. The SMILES string of the molecule is O=C(O)c1ncc2cc(-c3cccc(Cl)c3)ccc2c1OCc1ccccc1. The third kappa shape index (κ3) is 3.68. The number of aromatic nitrogens is 1. The van der Waals surface area contributed by atoms with Crippen LogP contribution in [-0.4, -0.2) is 16.1 Å². The number of hydrogen-bond acceptors (Lipinski definition) is 3. The van der Waals surface area contributed by atoms with Crippen LogP contribution in [0.25, 0.3) is 21.9 Å². The van der Waals surface area contributed by atoms with Crippen molar-refractivity contribution in [1.29, 1.82) is 0 Å². The van der Waals surface area contributed by atoms with Gasteiger partial charge in [-0.3, -0.25) is 0 Å². The Morgan fingerprint density at radius 3 is 2.50 bits per heavy atom. The summed E-state index contributed by atoms with van der Waals surface area (Å²) in [5, 5.41) is 11.7. The van der Waals surface area contributed by atoms with Crippen LogP contribution in [0.3, 0.4) is 0 Å². The minimum absolute atomic E-state index is 0.0982. The van der Waals surface area contributed by atoms with Crippen LogP contribution in [0.4, 0.5) is 0 Å². The van der Waals surface area contributed by atoms with Gasteiger partial charge in [0, 0.05) is 22.0 Å². The Labute approximate surface area is 167 Å². The molecule has 138 valence electrons. The first-order valence-corrected chi connectivity index (χ1v) is 9.08. The van der Waals surface area contributed by atoms with Gasteiger partial charge in [0.05, 0.1) is 0 Å². The molecule has 0 saturated carbocycles. The lowest BCUT2D eigenvalue weighted by molar-refractivity contribution is 0.0685. The Hall–Kier alpha value is -3.37. The molecule has 0 unspecified atom stereocenters. The lowest BCUT2D eigenvalue weighted by atomic mass is 10.0. The molecule has 0 amide bonds. The largest absolute Gasteiger partial charge is 0.486 e. The van der Waals surface area contributed by atoms with E-state index in [0.29, 0.717) is 10.4 Å². The molecule has 0 saturated heterocycles. The number of ether oxygens (including phenoxy) is 1. The number of carbonyl (C=O) groups is 1. The molecule has 0 atom stereocenters. The van der Waals surface area contributed by atoms with Crippen molar-refractivity contribution in [3.05, 3.63) is 95.3 Å². The van der Waals surface area contributed by atoms with Crippen molar-refractivity contribution in [3.8, 4) is 16.9 Å². The first-order chi connectivity index (χ1) is 13.6. The van der Waals surface area contributed by atoms with Gasteiger partial charge >= 0.3 is 5.97 Å². The zero-order chi connectivity index (χ0) is 19.5. The second-order valence-corrected chi connectivity index (χ2v) is 6.76. The quantitative estimate of drug-likeness (QED) is 0.466. The van der Waals surface area contributed by atoms with Crippen LogP contribution in [0.15, 0.2) is 79.0 Å². The van der Waals surface area contributed by atoms with Crippen molar-refractivity contribution in [2.45, 2.75) is 6.61 Å². The summed E-state index contributed by atoms with van der Waals surface area (Å²) in [6, 6.07) is 22.9. The van der Waals surface area contributed by atoms with Crippen LogP contribution in [0.2, 0.25) is 5.02 Å². The standard InChI is InChI=1S/C23H16ClNO3/c24-19-8-4-7-16(12-19)17-9-10-20-18(11-17)13-25-21(23(26)27)22(20)28-14-15-5-2-1-3-6-15/h1-13H,14H2,(H,26,27). The van der Waals surface area contributed by atoms with E-state index < -0.39 is 5.97 Å². The van der Waals surface area contributed by atoms with E-state index >= 15 is 0 Å². The molecule has 4 nitrogen and oxygen atoms in total. The molecule has 0 aliphatic heterocycles. The molecule has 3 aromatic carbocycles. The number of pyridine rings is 1. The number of nitrogens with zero attached hydrogens (tertiary/aromatic N) is 1. The molecule has 0 aliphatic rings. The number of benzene rings is 3. The van der Waals surface area contributed by atoms with E-state index in [1.165, 1.54) is 0 Å². The van der Waals surface area contributed by atoms with Gasteiger partial charge in [0.15, 0.2) is 11.4 Å². The summed E-state index contributed by atoms with van der Waals surface area (Å²) < 4.78 is 5.90. The van der Waals surface area contributed by atoms with E-state index in [1.807, 2.05) is 72.8 Å². The first-order valence-electron chi connectivity index (χ1n) is 8.70. The minimum Gasteiger partial charge on any atom is -0.486 e. The summed E-state index contributed by atoms with van der Waals surface area (Å²) in [6.07, 6.45) is 1.56. The van der Waals surface area contributed by atoms with Crippen LogP contribution in [0.5, 0.6) is 5.75 Å². The maximum Gasteiger partial charge on any atom is 0.358 e. The molecule has 5 heteroatoms. The average Bonchev–Trinajstić information content (AvgIpc) is 2.72. The molecule has 28 heavy (non-hydrogen) atoms. The Kier molecular flexibility index (Phi) is 4.96. The molecule has 4 aromatic rings. The third-order valence-electron chi connectivity index (χ3n) is 4.43. The smallest absolute Gasteiger partial charge is 0.358 e. The molecule has 0 radical (unpaired) electrons. The predicted octanol–water partition coefficient (Wildman–Crippen LogP) is 5.83. The number of rotatable bonds is 5. The number of halogens is 1. The van der Waals surface area contributed by atoms with Gasteiger partial charge in [0.25, 0.3) is 0 Å². The fourth-order valence-corrected chi connectivity index (χ4v) is 3.26. The zero-order valence-electron chi connectivity index (χ0n) is 14.8. The number of aromatic carboxylic acids is 1. The van der Waals surface area contributed by atoms with E-state index in [9.17, 15) is 9.90 Å². The lowest BCUT2D eigenvalue weighted by Gasteiger charge is -2.13. The van der Waals surface area contributed by atoms with E-state index in [1.54, 1.807) is 6.20 Å². The maximum absolute atomic E-state index is 11.6. The summed E-state index contributed by atoms with van der Waals surface area (Å²) in [5.74, 6) is -0.852. The van der Waals surface area contributed by atoms with Crippen molar-refractivity contribution in [3.63, 3.8) is 0 Å². The highest BCUT2D eigenvalue weighted by atomic mass is 35.5. The van der Waals surface area contributed by atoms with Gasteiger partial charge in [-0.15, -0.1) is 0 Å². The number of hydrogen-bond donors (Lipinski definition) is 1. The molecule has 0 spiro atoms. The van der Waals surface area contributed by atoms with Gasteiger partial charge in [-0.2, -0.15) is 0 Å². The van der Waals surface area contributed by atoms with Gasteiger partial charge in [-0.25, -0.2) is 9.78 Å². The summed E-state index contributed by atoms with van der Waals surface area (Å²) in [5.41, 5.74) is 2.79. The van der Waals surface area contributed by atoms with Crippen molar-refractivity contribution in [2.24, 2.45) is 0 Å². The van der Waals surface area contributed by atoms with Gasteiger partial charge in [0.2, 0.25) is 0 Å². The molecule has 4 rings (SSSR count). The third-order valence-corrected chi connectivity index (χ3v) is 4.67. The Balaban J connectivity index is 1.77. The fourth-order valence-electron chi connectivity index (χ4n) is 3.07. The monoisotopic (exact) mass is 389 g/mol. The van der Waals surface area contributed by atoms with Gasteiger partial charge in [0.1, 0.15) is 6.61 Å². The number of fused-ring (bicyclic) bond motifs is 1. The summed E-state index contributed by atoms with van der Waals surface area (Å²) in [7, 11) is 0. The van der Waals surface area contributed by atoms with Crippen LogP contribution in [-0.2, 0) is 6.61 Å². The minimum atomic E-state index is -1.12. The van der Waals surface area contributed by atoms with Crippen LogP contribution >= 0.6 is 11.6 Å². The van der Waals surface area contributed by atoms with Gasteiger partial charge in [-0.1, -0.05) is 60.1 Å². The van der Waals surface area contributed by atoms with Crippen molar-refractivity contribution < 1.29 is 14.6 Å². The molecular formula is C23H16ClNO3. The lowest BCUT2D eigenvalue weighted by Crippen LogP contribution is -2.06. The molecule has 0 aliphatic carbocycles. The van der Waals surface area contributed by atoms with Crippen LogP contribution in [0.1, 0.15) is 16.1 Å². The fraction of sp³-hybridized carbons (Fsp3) is 0.0435. The molecular weight excluding hydrogens is 374 g/mol.